The summed E-state index contributed by atoms with van der Waals surface area (Å²) in [5, 5.41) is 0. The molecule has 0 amide bonds. The van der Waals surface area contributed by atoms with Gasteiger partial charge in [0.25, 0.3) is 0 Å². The Hall–Kier alpha value is 0.179. The minimum absolute atomic E-state index is 0. The zero-order valence-corrected chi connectivity index (χ0v) is 16.7. The SMILES string of the molecule is C1=CCC/C=C\CC1.C1=CCC/C=C\CC1.O.O.[Ir].[Ir]. The number of hydrogen-bond donors (Lipinski definition) is 0. The van der Waals surface area contributed by atoms with E-state index in [9.17, 15) is 0 Å². The summed E-state index contributed by atoms with van der Waals surface area (Å²) >= 11 is 0. The molecule has 0 spiro atoms. The van der Waals surface area contributed by atoms with E-state index < -0.39 is 0 Å². The molecule has 0 aromatic rings. The summed E-state index contributed by atoms with van der Waals surface area (Å²) < 4.78 is 0. The van der Waals surface area contributed by atoms with Gasteiger partial charge in [-0.3, -0.25) is 0 Å². The van der Waals surface area contributed by atoms with Crippen LogP contribution in [0.25, 0.3) is 0 Å². The molecule has 0 aliphatic heterocycles. The summed E-state index contributed by atoms with van der Waals surface area (Å²) in [7, 11) is 0. The van der Waals surface area contributed by atoms with Crippen LogP contribution in [0.15, 0.2) is 48.6 Å². The third-order valence-electron chi connectivity index (χ3n) is 2.67. The van der Waals surface area contributed by atoms with E-state index in [0.717, 1.165) is 0 Å². The maximum atomic E-state index is 2.27. The van der Waals surface area contributed by atoms with Gasteiger partial charge in [0.15, 0.2) is 0 Å². The standard InChI is InChI=1S/2C8H12.2Ir.2H2O/c2*1-2-4-6-8-7-5-3-1;;;;/h2*1-2,7-8H,3-6H2;;;2*1H2/b2*2-1-,8-7?;;;;. The van der Waals surface area contributed by atoms with Crippen molar-refractivity contribution >= 4 is 0 Å². The fourth-order valence-corrected chi connectivity index (χ4v) is 1.71. The van der Waals surface area contributed by atoms with Crippen LogP contribution < -0.4 is 0 Å². The fourth-order valence-electron chi connectivity index (χ4n) is 1.71. The Kier molecular flexibility index (Phi) is 34.3. The van der Waals surface area contributed by atoms with E-state index in [1.54, 1.807) is 0 Å². The van der Waals surface area contributed by atoms with Crippen molar-refractivity contribution in [2.24, 2.45) is 0 Å². The van der Waals surface area contributed by atoms with Crippen LogP contribution in [0.4, 0.5) is 0 Å². The van der Waals surface area contributed by atoms with Gasteiger partial charge in [0.2, 0.25) is 0 Å². The summed E-state index contributed by atoms with van der Waals surface area (Å²) in [5.41, 5.74) is 0. The summed E-state index contributed by atoms with van der Waals surface area (Å²) in [4.78, 5) is 0. The van der Waals surface area contributed by atoms with Crippen LogP contribution in [-0.2, 0) is 40.2 Å². The third-order valence-corrected chi connectivity index (χ3v) is 2.67. The average molecular weight is 637 g/mol. The molecule has 0 aromatic heterocycles. The zero-order valence-electron chi connectivity index (χ0n) is 11.9. The van der Waals surface area contributed by atoms with Crippen LogP contribution in [0.2, 0.25) is 0 Å². The van der Waals surface area contributed by atoms with Gasteiger partial charge >= 0.3 is 0 Å². The van der Waals surface area contributed by atoms with E-state index in [4.69, 9.17) is 0 Å². The quantitative estimate of drug-likeness (QED) is 0.365. The minimum atomic E-state index is 0. The molecule has 2 radical (unpaired) electrons. The van der Waals surface area contributed by atoms with E-state index in [0.29, 0.717) is 0 Å². The van der Waals surface area contributed by atoms with Gasteiger partial charge in [0.1, 0.15) is 0 Å². The van der Waals surface area contributed by atoms with Crippen LogP contribution in [0.5, 0.6) is 0 Å². The van der Waals surface area contributed by atoms with Crippen LogP contribution in [0, 0.1) is 0 Å². The first kappa shape index (κ1) is 28.4. The summed E-state index contributed by atoms with van der Waals surface area (Å²) in [5.74, 6) is 0. The van der Waals surface area contributed by atoms with Crippen LogP contribution in [0.1, 0.15) is 51.4 Å². The Bertz CT molecular complexity index is 192. The van der Waals surface area contributed by atoms with Crippen molar-refractivity contribution in [3.8, 4) is 0 Å². The first-order chi connectivity index (χ1) is 8.00. The van der Waals surface area contributed by atoms with E-state index in [-0.39, 0.29) is 51.2 Å². The topological polar surface area (TPSA) is 63.0 Å². The van der Waals surface area contributed by atoms with Crippen LogP contribution in [-0.4, -0.2) is 11.0 Å². The molecule has 20 heavy (non-hydrogen) atoms. The molecule has 0 saturated heterocycles. The largest absolute Gasteiger partial charge is 0.412 e. The van der Waals surface area contributed by atoms with Gasteiger partial charge < -0.3 is 11.0 Å². The van der Waals surface area contributed by atoms with Gasteiger partial charge in [0.05, 0.1) is 0 Å². The van der Waals surface area contributed by atoms with Crippen LogP contribution >= 0.6 is 0 Å². The molecule has 122 valence electrons. The summed E-state index contributed by atoms with van der Waals surface area (Å²) in [6.07, 6.45) is 28.0. The first-order valence-corrected chi connectivity index (χ1v) is 6.60. The molecule has 4 N–H and O–H groups in total. The number of hydrogen-bond acceptors (Lipinski definition) is 0. The molecule has 0 saturated carbocycles. The van der Waals surface area contributed by atoms with Crippen LogP contribution in [0.3, 0.4) is 0 Å². The van der Waals surface area contributed by atoms with Crippen molar-refractivity contribution in [3.05, 3.63) is 48.6 Å². The second kappa shape index (κ2) is 24.2. The van der Waals surface area contributed by atoms with Gasteiger partial charge in [-0.15, -0.1) is 0 Å². The van der Waals surface area contributed by atoms with Gasteiger partial charge in [-0.2, -0.15) is 0 Å². The predicted molar refractivity (Wildman–Crippen MR) is 80.7 cm³/mol. The van der Waals surface area contributed by atoms with E-state index >= 15 is 0 Å². The third kappa shape index (κ3) is 20.5. The molecule has 2 aliphatic rings. The fraction of sp³-hybridized carbons (Fsp3) is 0.500. The minimum Gasteiger partial charge on any atom is -0.412 e. The van der Waals surface area contributed by atoms with Crippen molar-refractivity contribution in [3.63, 3.8) is 0 Å². The van der Waals surface area contributed by atoms with Gasteiger partial charge in [-0.05, 0) is 51.4 Å². The molecule has 0 aromatic carbocycles. The Labute approximate surface area is 150 Å². The molecule has 0 fully saturated rings. The molecule has 0 atom stereocenters. The molecular formula is C16H28Ir2O2. The molecule has 0 unspecified atom stereocenters. The van der Waals surface area contributed by atoms with E-state index in [2.05, 4.69) is 48.6 Å². The van der Waals surface area contributed by atoms with Gasteiger partial charge in [0, 0.05) is 40.2 Å². The van der Waals surface area contributed by atoms with Crippen molar-refractivity contribution in [1.82, 2.24) is 0 Å². The predicted octanol–water partition coefficient (Wildman–Crippen LogP) is 3.69. The normalized spacial score (nSPS) is 19.2. The summed E-state index contributed by atoms with van der Waals surface area (Å²) in [6.45, 7) is 0. The van der Waals surface area contributed by atoms with Crippen molar-refractivity contribution in [1.29, 1.82) is 0 Å². The molecular weight excluding hydrogens is 609 g/mol. The molecule has 2 nitrogen and oxygen atoms in total. The van der Waals surface area contributed by atoms with Crippen molar-refractivity contribution < 1.29 is 51.2 Å². The number of allylic oxidation sites excluding steroid dienone is 8. The average Bonchev–Trinajstić information content (AvgIpc) is 2.15. The van der Waals surface area contributed by atoms with E-state index in [1.165, 1.54) is 51.4 Å². The second-order valence-corrected chi connectivity index (χ2v) is 4.20. The smallest absolute Gasteiger partial charge is 0 e. The Balaban J connectivity index is -0.000000107. The molecule has 4 heteroatoms. The van der Waals surface area contributed by atoms with Crippen molar-refractivity contribution in [2.75, 3.05) is 0 Å². The molecule has 2 aliphatic carbocycles. The molecule has 0 bridgehead atoms. The molecule has 0 heterocycles. The number of rotatable bonds is 0. The zero-order chi connectivity index (χ0) is 11.3. The Morgan fingerprint density at radius 2 is 0.400 bits per heavy atom. The summed E-state index contributed by atoms with van der Waals surface area (Å²) in [6, 6.07) is 0. The Morgan fingerprint density at radius 3 is 0.500 bits per heavy atom. The van der Waals surface area contributed by atoms with Gasteiger partial charge in [-0.25, -0.2) is 0 Å². The van der Waals surface area contributed by atoms with E-state index in [1.807, 2.05) is 0 Å². The monoisotopic (exact) mass is 638 g/mol. The van der Waals surface area contributed by atoms with Crippen molar-refractivity contribution in [2.45, 2.75) is 51.4 Å². The maximum absolute atomic E-state index is 2.27. The maximum Gasteiger partial charge on any atom is 0 e. The Morgan fingerprint density at radius 1 is 0.300 bits per heavy atom. The molecule has 2 rings (SSSR count). The van der Waals surface area contributed by atoms with Gasteiger partial charge in [-0.1, -0.05) is 48.6 Å². The first-order valence-electron chi connectivity index (χ1n) is 6.60. The second-order valence-electron chi connectivity index (χ2n) is 4.20.